The average Bonchev–Trinajstić information content (AvgIpc) is 3.19. The van der Waals surface area contributed by atoms with Crippen LogP contribution in [-0.2, 0) is 6.18 Å². The summed E-state index contributed by atoms with van der Waals surface area (Å²) in [7, 11) is 0. The molecule has 8 heteroatoms. The lowest BCUT2D eigenvalue weighted by molar-refractivity contribution is -0.137. The number of benzene rings is 2. The molecule has 29 heavy (non-hydrogen) atoms. The van der Waals surface area contributed by atoms with E-state index in [-0.39, 0.29) is 5.91 Å². The Bertz CT molecular complexity index is 900. The van der Waals surface area contributed by atoms with Gasteiger partial charge in [-0.2, -0.15) is 13.2 Å². The zero-order valence-corrected chi connectivity index (χ0v) is 17.9. The monoisotopic (exact) mass is 488 g/mol. The second-order valence-electron chi connectivity index (χ2n) is 6.23. The molecule has 1 heterocycles. The van der Waals surface area contributed by atoms with E-state index in [2.05, 4.69) is 20.9 Å². The predicted octanol–water partition coefficient (Wildman–Crippen LogP) is 6.69. The molecule has 3 nitrogen and oxygen atoms in total. The normalized spacial score (nSPS) is 11.1. The smallest absolute Gasteiger partial charge is 0.361 e. The van der Waals surface area contributed by atoms with Gasteiger partial charge in [0.2, 0.25) is 0 Å². The second kappa shape index (κ2) is 11.3. The topological polar surface area (TPSA) is 36.1 Å². The van der Waals surface area contributed by atoms with E-state index in [0.717, 1.165) is 48.0 Å². The molecule has 0 radical (unpaired) electrons. The molecule has 0 atom stereocenters. The average molecular weight is 490 g/mol. The zero-order valence-electron chi connectivity index (χ0n) is 15.6. The fourth-order valence-electron chi connectivity index (χ4n) is 2.61. The fourth-order valence-corrected chi connectivity index (χ4v) is 3.28. The maximum Gasteiger partial charge on any atom is 0.416 e. The Morgan fingerprint density at radius 2 is 1.79 bits per heavy atom. The Hall–Kier alpha value is -1.99. The van der Waals surface area contributed by atoms with Crippen LogP contribution in [0.1, 0.15) is 28.8 Å². The SMILES string of the molecule is FC(F)(F)c1ccccc1.O=C(c1ccc2[nH]ccc2c1)N(CBr)CCCCCl. The van der Waals surface area contributed by atoms with Gasteiger partial charge in [0.1, 0.15) is 0 Å². The first-order valence-corrected chi connectivity index (χ1v) is 10.6. The number of nitrogens with zero attached hydrogens (tertiary/aromatic N) is 1. The van der Waals surface area contributed by atoms with Crippen LogP contribution in [0.2, 0.25) is 0 Å². The molecule has 0 fully saturated rings. The number of aromatic amines is 1. The minimum Gasteiger partial charge on any atom is -0.361 e. The molecule has 1 aromatic heterocycles. The number of hydrogen-bond acceptors (Lipinski definition) is 1. The molecular formula is C21H21BrClF3N2O. The highest BCUT2D eigenvalue weighted by Crippen LogP contribution is 2.28. The van der Waals surface area contributed by atoms with Crippen LogP contribution in [0, 0.1) is 0 Å². The summed E-state index contributed by atoms with van der Waals surface area (Å²) in [6.45, 7) is 0.724. The van der Waals surface area contributed by atoms with Crippen LogP contribution in [0.3, 0.4) is 0 Å². The minimum absolute atomic E-state index is 0.0505. The van der Waals surface area contributed by atoms with Crippen molar-refractivity contribution in [1.82, 2.24) is 9.88 Å². The van der Waals surface area contributed by atoms with E-state index >= 15 is 0 Å². The van der Waals surface area contributed by atoms with E-state index in [1.54, 1.807) is 11.0 Å². The molecule has 3 rings (SSSR count). The summed E-state index contributed by atoms with van der Waals surface area (Å²) < 4.78 is 35.4. The van der Waals surface area contributed by atoms with Gasteiger partial charge < -0.3 is 9.88 Å². The number of carbonyl (C=O) groups excluding carboxylic acids is 1. The van der Waals surface area contributed by atoms with Crippen LogP contribution in [0.5, 0.6) is 0 Å². The number of aromatic nitrogens is 1. The third-order valence-electron chi connectivity index (χ3n) is 4.14. The summed E-state index contributed by atoms with van der Waals surface area (Å²) in [5.41, 5.74) is 1.70. The number of hydrogen-bond donors (Lipinski definition) is 1. The number of fused-ring (bicyclic) bond motifs is 1. The van der Waals surface area contributed by atoms with Crippen molar-refractivity contribution in [2.24, 2.45) is 0 Å². The van der Waals surface area contributed by atoms with Crippen molar-refractivity contribution in [3.05, 3.63) is 71.9 Å². The van der Waals surface area contributed by atoms with Gasteiger partial charge in [0.25, 0.3) is 5.91 Å². The number of amides is 1. The molecule has 0 saturated heterocycles. The third-order valence-corrected chi connectivity index (χ3v) is 5.02. The Morgan fingerprint density at radius 1 is 1.07 bits per heavy atom. The fraction of sp³-hybridized carbons (Fsp3) is 0.286. The lowest BCUT2D eigenvalue weighted by Gasteiger charge is -2.19. The van der Waals surface area contributed by atoms with Gasteiger partial charge in [-0.05, 0) is 37.1 Å². The molecule has 0 bridgehead atoms. The van der Waals surface area contributed by atoms with Crippen molar-refractivity contribution in [3.63, 3.8) is 0 Å². The number of nitrogens with one attached hydrogen (secondary N) is 1. The second-order valence-corrected chi connectivity index (χ2v) is 7.11. The molecule has 156 valence electrons. The molecule has 0 aliphatic carbocycles. The van der Waals surface area contributed by atoms with E-state index in [1.807, 2.05) is 30.5 Å². The Kier molecular flexibility index (Phi) is 9.04. The summed E-state index contributed by atoms with van der Waals surface area (Å²) in [5, 5.41) is 1.06. The summed E-state index contributed by atoms with van der Waals surface area (Å²) >= 11 is 9.03. The van der Waals surface area contributed by atoms with E-state index in [1.165, 1.54) is 12.1 Å². The van der Waals surface area contributed by atoms with Crippen LogP contribution >= 0.6 is 27.5 Å². The van der Waals surface area contributed by atoms with E-state index in [4.69, 9.17) is 11.6 Å². The first-order chi connectivity index (χ1) is 13.9. The quantitative estimate of drug-likeness (QED) is 0.234. The van der Waals surface area contributed by atoms with Gasteiger partial charge in [0.05, 0.1) is 11.0 Å². The van der Waals surface area contributed by atoms with Gasteiger partial charge in [-0.25, -0.2) is 0 Å². The molecule has 0 aliphatic heterocycles. The van der Waals surface area contributed by atoms with Crippen molar-refractivity contribution in [2.45, 2.75) is 19.0 Å². The van der Waals surface area contributed by atoms with Gasteiger partial charge in [0.15, 0.2) is 0 Å². The lowest BCUT2D eigenvalue weighted by atomic mass is 10.1. The van der Waals surface area contributed by atoms with Gasteiger partial charge >= 0.3 is 6.18 Å². The van der Waals surface area contributed by atoms with Crippen molar-refractivity contribution < 1.29 is 18.0 Å². The van der Waals surface area contributed by atoms with Crippen molar-refractivity contribution in [1.29, 1.82) is 0 Å². The highest BCUT2D eigenvalue weighted by molar-refractivity contribution is 9.09. The van der Waals surface area contributed by atoms with Crippen molar-refractivity contribution in [3.8, 4) is 0 Å². The number of H-pyrrole nitrogens is 1. The number of unbranched alkanes of at least 4 members (excludes halogenated alkanes) is 1. The van der Waals surface area contributed by atoms with Crippen molar-refractivity contribution >= 4 is 44.3 Å². The standard InChI is InChI=1S/C14H16BrClN2O.C7H5F3/c15-10-18(8-2-1-6-16)14(19)12-3-4-13-11(9-12)5-7-17-13;8-7(9,10)6-4-2-1-3-5-6/h3-5,7,9,17H,1-2,6,8,10H2;1-5H. The van der Waals surface area contributed by atoms with Gasteiger partial charge in [0, 0.05) is 35.1 Å². The lowest BCUT2D eigenvalue weighted by Crippen LogP contribution is -2.30. The van der Waals surface area contributed by atoms with Gasteiger partial charge in [-0.15, -0.1) is 11.6 Å². The van der Waals surface area contributed by atoms with Crippen LogP contribution in [0.15, 0.2) is 60.8 Å². The summed E-state index contributed by atoms with van der Waals surface area (Å²) in [5.74, 6) is 0.689. The van der Waals surface area contributed by atoms with Crippen molar-refractivity contribution in [2.75, 3.05) is 17.9 Å². The van der Waals surface area contributed by atoms with E-state index in [0.29, 0.717) is 11.3 Å². The molecule has 2 aromatic carbocycles. The molecule has 1 amide bonds. The molecule has 0 aliphatic rings. The maximum absolute atomic E-state index is 12.4. The number of rotatable bonds is 6. The Morgan fingerprint density at radius 3 is 2.38 bits per heavy atom. The minimum atomic E-state index is -4.21. The van der Waals surface area contributed by atoms with E-state index in [9.17, 15) is 18.0 Å². The molecule has 0 saturated carbocycles. The maximum atomic E-state index is 12.4. The summed E-state index contributed by atoms with van der Waals surface area (Å²) in [6, 6.07) is 14.1. The Balaban J connectivity index is 0.000000253. The summed E-state index contributed by atoms with van der Waals surface area (Å²) in [6.07, 6.45) is -0.481. The van der Waals surface area contributed by atoms with Crippen LogP contribution < -0.4 is 0 Å². The third kappa shape index (κ3) is 7.08. The van der Waals surface area contributed by atoms with Gasteiger partial charge in [-0.1, -0.05) is 46.3 Å². The number of halogens is 5. The predicted molar refractivity (Wildman–Crippen MR) is 115 cm³/mol. The number of carbonyl (C=O) groups is 1. The highest BCUT2D eigenvalue weighted by atomic mass is 79.9. The largest absolute Gasteiger partial charge is 0.416 e. The van der Waals surface area contributed by atoms with Crippen LogP contribution in [0.4, 0.5) is 13.2 Å². The Labute approximate surface area is 181 Å². The van der Waals surface area contributed by atoms with Crippen LogP contribution in [0.25, 0.3) is 10.9 Å². The van der Waals surface area contributed by atoms with Gasteiger partial charge in [-0.3, -0.25) is 4.79 Å². The molecule has 1 N–H and O–H groups in total. The first kappa shape index (κ1) is 23.3. The molecule has 0 spiro atoms. The molecule has 3 aromatic rings. The molecular weight excluding hydrogens is 469 g/mol. The number of alkyl halides is 5. The highest BCUT2D eigenvalue weighted by Gasteiger charge is 2.29. The van der Waals surface area contributed by atoms with Crippen LogP contribution in [-0.4, -0.2) is 33.7 Å². The zero-order chi connectivity index (χ0) is 21.3. The first-order valence-electron chi connectivity index (χ1n) is 8.97. The summed E-state index contributed by atoms with van der Waals surface area (Å²) in [4.78, 5) is 17.3. The van der Waals surface area contributed by atoms with E-state index < -0.39 is 11.7 Å². The molecule has 0 unspecified atom stereocenters.